The lowest BCUT2D eigenvalue weighted by atomic mass is 9.96. The van der Waals surface area contributed by atoms with E-state index >= 15 is 0 Å². The number of carbonyl (C=O) groups is 1. The number of benzene rings is 2. The highest BCUT2D eigenvalue weighted by Gasteiger charge is 2.27. The molecule has 5 nitrogen and oxygen atoms in total. The molecule has 1 atom stereocenters. The smallest absolute Gasteiger partial charge is 0.322 e. The van der Waals surface area contributed by atoms with Crippen molar-refractivity contribution in [1.82, 2.24) is 4.90 Å². The number of urea groups is 1. The van der Waals surface area contributed by atoms with Crippen molar-refractivity contribution in [2.45, 2.75) is 38.1 Å². The first kappa shape index (κ1) is 17.7. The zero-order valence-corrected chi connectivity index (χ0v) is 15.5. The highest BCUT2D eigenvalue weighted by atomic mass is 16.5. The van der Waals surface area contributed by atoms with Crippen molar-refractivity contribution in [3.63, 3.8) is 0 Å². The van der Waals surface area contributed by atoms with Crippen molar-refractivity contribution in [2.24, 2.45) is 0 Å². The minimum Gasteiger partial charge on any atom is -0.490 e. The van der Waals surface area contributed by atoms with E-state index in [2.05, 4.69) is 29.6 Å². The fraction of sp³-hybridized carbons (Fsp3) is 0.409. The Morgan fingerprint density at radius 1 is 1.00 bits per heavy atom. The summed E-state index contributed by atoms with van der Waals surface area (Å²) in [5.74, 6) is 1.44. The minimum atomic E-state index is -0.0369. The van der Waals surface area contributed by atoms with Crippen LogP contribution in [-0.4, -0.2) is 36.7 Å². The number of nitrogens with one attached hydrogen (secondary N) is 1. The molecule has 0 bridgehead atoms. The third-order valence-electron chi connectivity index (χ3n) is 5.20. The second kappa shape index (κ2) is 8.33. The van der Waals surface area contributed by atoms with Crippen LogP contribution in [-0.2, 0) is 6.42 Å². The number of ether oxygens (including phenoxy) is 2. The van der Waals surface area contributed by atoms with E-state index in [-0.39, 0.29) is 12.1 Å². The summed E-state index contributed by atoms with van der Waals surface area (Å²) in [5.41, 5.74) is 2.02. The first-order valence-corrected chi connectivity index (χ1v) is 9.81. The molecule has 1 fully saturated rings. The fourth-order valence-corrected chi connectivity index (χ4v) is 3.80. The number of likely N-dealkylation sites (tertiary alicyclic amines) is 1. The molecule has 0 aliphatic carbocycles. The van der Waals surface area contributed by atoms with Crippen LogP contribution in [0.3, 0.4) is 0 Å². The van der Waals surface area contributed by atoms with Crippen LogP contribution in [0, 0.1) is 0 Å². The highest BCUT2D eigenvalue weighted by Crippen LogP contribution is 2.32. The van der Waals surface area contributed by atoms with E-state index in [1.165, 1.54) is 12.0 Å². The van der Waals surface area contributed by atoms with Crippen LogP contribution in [0.2, 0.25) is 0 Å². The number of amides is 2. The van der Waals surface area contributed by atoms with E-state index in [1.54, 1.807) is 0 Å². The number of carbonyl (C=O) groups excluding carboxylic acids is 1. The van der Waals surface area contributed by atoms with Gasteiger partial charge in [0.25, 0.3) is 0 Å². The maximum absolute atomic E-state index is 12.9. The molecule has 0 saturated carbocycles. The fourth-order valence-electron chi connectivity index (χ4n) is 3.80. The van der Waals surface area contributed by atoms with Gasteiger partial charge < -0.3 is 19.7 Å². The summed E-state index contributed by atoms with van der Waals surface area (Å²) in [4.78, 5) is 14.9. The topological polar surface area (TPSA) is 50.8 Å². The molecular weight excluding hydrogens is 340 g/mol. The molecule has 4 rings (SSSR count). The monoisotopic (exact) mass is 366 g/mol. The van der Waals surface area contributed by atoms with Gasteiger partial charge >= 0.3 is 6.03 Å². The first-order valence-electron chi connectivity index (χ1n) is 9.81. The Morgan fingerprint density at radius 3 is 2.67 bits per heavy atom. The molecule has 2 aliphatic heterocycles. The van der Waals surface area contributed by atoms with E-state index in [4.69, 9.17) is 9.47 Å². The summed E-state index contributed by atoms with van der Waals surface area (Å²) in [7, 11) is 0. The maximum atomic E-state index is 12.9. The van der Waals surface area contributed by atoms with Crippen molar-refractivity contribution in [2.75, 3.05) is 25.1 Å². The lowest BCUT2D eigenvalue weighted by Gasteiger charge is -2.36. The average Bonchev–Trinajstić information content (AvgIpc) is 2.94. The average molecular weight is 366 g/mol. The summed E-state index contributed by atoms with van der Waals surface area (Å²) in [6.07, 6.45) is 5.04. The van der Waals surface area contributed by atoms with E-state index < -0.39 is 0 Å². The summed E-state index contributed by atoms with van der Waals surface area (Å²) in [5, 5.41) is 3.05. The van der Waals surface area contributed by atoms with Crippen LogP contribution in [0.5, 0.6) is 11.5 Å². The van der Waals surface area contributed by atoms with Gasteiger partial charge in [-0.2, -0.15) is 0 Å². The minimum absolute atomic E-state index is 0.0369. The molecule has 1 unspecified atom stereocenters. The third-order valence-corrected chi connectivity index (χ3v) is 5.20. The van der Waals surface area contributed by atoms with E-state index in [1.807, 2.05) is 29.2 Å². The zero-order valence-electron chi connectivity index (χ0n) is 15.5. The predicted octanol–water partition coefficient (Wildman–Crippen LogP) is 4.48. The van der Waals surface area contributed by atoms with Crippen LogP contribution < -0.4 is 14.8 Å². The Hall–Kier alpha value is -2.69. The van der Waals surface area contributed by atoms with Crippen LogP contribution >= 0.6 is 0 Å². The van der Waals surface area contributed by atoms with Crippen molar-refractivity contribution in [3.05, 3.63) is 54.1 Å². The molecule has 1 N–H and O–H groups in total. The number of nitrogens with zero attached hydrogens (tertiary/aromatic N) is 1. The number of rotatable bonds is 3. The van der Waals surface area contributed by atoms with Gasteiger partial charge in [0.05, 0.1) is 13.2 Å². The molecule has 0 aromatic heterocycles. The van der Waals surface area contributed by atoms with Crippen molar-refractivity contribution in [1.29, 1.82) is 0 Å². The lowest BCUT2D eigenvalue weighted by Crippen LogP contribution is -2.46. The molecule has 27 heavy (non-hydrogen) atoms. The van der Waals surface area contributed by atoms with E-state index in [0.717, 1.165) is 43.7 Å². The van der Waals surface area contributed by atoms with Gasteiger partial charge in [0.1, 0.15) is 0 Å². The van der Waals surface area contributed by atoms with Gasteiger partial charge in [-0.15, -0.1) is 0 Å². The van der Waals surface area contributed by atoms with Gasteiger partial charge in [-0.05, 0) is 43.4 Å². The molecule has 5 heteroatoms. The SMILES string of the molecule is O=C(Nc1ccc2c(c1)OCCCO2)N1CCCCC1Cc1ccccc1. The molecule has 2 amide bonds. The molecule has 2 aromatic carbocycles. The Labute approximate surface area is 160 Å². The quantitative estimate of drug-likeness (QED) is 0.871. The summed E-state index contributed by atoms with van der Waals surface area (Å²) < 4.78 is 11.4. The predicted molar refractivity (Wildman–Crippen MR) is 106 cm³/mol. The Morgan fingerprint density at radius 2 is 1.81 bits per heavy atom. The number of anilines is 1. The van der Waals surface area contributed by atoms with Crippen molar-refractivity contribution >= 4 is 11.7 Å². The van der Waals surface area contributed by atoms with Crippen LogP contribution in [0.1, 0.15) is 31.2 Å². The van der Waals surface area contributed by atoms with E-state index in [0.29, 0.717) is 19.0 Å². The van der Waals surface area contributed by atoms with E-state index in [9.17, 15) is 4.79 Å². The summed E-state index contributed by atoms with van der Waals surface area (Å²) >= 11 is 0. The number of piperidine rings is 1. The summed E-state index contributed by atoms with van der Waals surface area (Å²) in [6, 6.07) is 16.2. The summed E-state index contributed by atoms with van der Waals surface area (Å²) in [6.45, 7) is 2.09. The molecule has 142 valence electrons. The molecule has 2 heterocycles. The normalized spacial score (nSPS) is 19.3. The van der Waals surface area contributed by atoms with Gasteiger partial charge in [-0.3, -0.25) is 0 Å². The molecular formula is C22H26N2O3. The Bertz CT molecular complexity index is 778. The molecule has 0 spiro atoms. The van der Waals surface area contributed by atoms with Gasteiger partial charge in [0, 0.05) is 30.8 Å². The Balaban J connectivity index is 1.45. The molecule has 1 saturated heterocycles. The van der Waals surface area contributed by atoms with Crippen LogP contribution in [0.4, 0.5) is 10.5 Å². The maximum Gasteiger partial charge on any atom is 0.322 e. The van der Waals surface area contributed by atoms with Gasteiger partial charge in [-0.1, -0.05) is 30.3 Å². The van der Waals surface area contributed by atoms with Gasteiger partial charge in [0.2, 0.25) is 0 Å². The molecule has 0 radical (unpaired) electrons. The standard InChI is InChI=1S/C22H26N2O3/c25-22(23-18-10-11-20-21(16-18)27-14-6-13-26-20)24-12-5-4-9-19(24)15-17-7-2-1-3-8-17/h1-3,7-8,10-11,16,19H,4-6,9,12-15H2,(H,23,25). The van der Waals surface area contributed by atoms with Crippen LogP contribution in [0.25, 0.3) is 0 Å². The number of fused-ring (bicyclic) bond motifs is 1. The highest BCUT2D eigenvalue weighted by molar-refractivity contribution is 5.90. The second-order valence-corrected chi connectivity index (χ2v) is 7.17. The molecule has 2 aliphatic rings. The largest absolute Gasteiger partial charge is 0.490 e. The van der Waals surface area contributed by atoms with Crippen LogP contribution in [0.15, 0.2) is 48.5 Å². The first-order chi connectivity index (χ1) is 13.3. The van der Waals surface area contributed by atoms with Gasteiger partial charge in [0.15, 0.2) is 11.5 Å². The van der Waals surface area contributed by atoms with Gasteiger partial charge in [-0.25, -0.2) is 4.79 Å². The third kappa shape index (κ3) is 4.35. The van der Waals surface area contributed by atoms with Crippen molar-refractivity contribution < 1.29 is 14.3 Å². The Kier molecular flexibility index (Phi) is 5.47. The van der Waals surface area contributed by atoms with Crippen molar-refractivity contribution in [3.8, 4) is 11.5 Å². The zero-order chi connectivity index (χ0) is 18.5. The second-order valence-electron chi connectivity index (χ2n) is 7.17. The molecule has 2 aromatic rings. The number of hydrogen-bond donors (Lipinski definition) is 1. The number of hydrogen-bond acceptors (Lipinski definition) is 3. The lowest BCUT2D eigenvalue weighted by molar-refractivity contribution is 0.162.